The first-order chi connectivity index (χ1) is 5.11. The third-order valence-electron chi connectivity index (χ3n) is 0.961. The molecular formula is C5H4FNO4. The summed E-state index contributed by atoms with van der Waals surface area (Å²) in [5.41, 5.74) is 0. The van der Waals surface area contributed by atoms with Crippen molar-refractivity contribution in [2.75, 3.05) is 0 Å². The van der Waals surface area contributed by atoms with Gasteiger partial charge in [-0.15, -0.1) is 9.12 Å². The zero-order valence-electron chi connectivity index (χ0n) is 5.19. The van der Waals surface area contributed by atoms with E-state index in [0.717, 1.165) is 12.1 Å². The molecule has 0 aliphatic rings. The van der Waals surface area contributed by atoms with Crippen molar-refractivity contribution in [3.63, 3.8) is 0 Å². The predicted molar refractivity (Wildman–Crippen MR) is 30.8 cm³/mol. The van der Waals surface area contributed by atoms with E-state index >= 15 is 0 Å². The van der Waals surface area contributed by atoms with Crippen LogP contribution in [0, 0.1) is 0 Å². The summed E-state index contributed by atoms with van der Waals surface area (Å²) in [6.45, 7) is 0. The minimum absolute atomic E-state index is 0.252. The number of nitrogens with zero attached hydrogens (tertiary/aromatic N) is 1. The lowest BCUT2D eigenvalue weighted by atomic mass is 10.6. The molecule has 0 aliphatic heterocycles. The fraction of sp³-hybridized carbons (Fsp3) is 0. The average molecular weight is 161 g/mol. The Hall–Kier alpha value is -1.72. The molecule has 1 heterocycles. The van der Waals surface area contributed by atoms with Gasteiger partial charge in [-0.1, -0.05) is 0 Å². The maximum atomic E-state index is 11.5. The van der Waals surface area contributed by atoms with E-state index in [-0.39, 0.29) is 4.73 Å². The van der Waals surface area contributed by atoms with Gasteiger partial charge in [0.25, 0.3) is 0 Å². The summed E-state index contributed by atoms with van der Waals surface area (Å²) in [6.07, 6.45) is -2.12. The van der Waals surface area contributed by atoms with Gasteiger partial charge in [0, 0.05) is 12.1 Å². The summed E-state index contributed by atoms with van der Waals surface area (Å²) in [5, 5.41) is 17.5. The van der Waals surface area contributed by atoms with Gasteiger partial charge in [0.15, 0.2) is 0 Å². The largest absolute Gasteiger partial charge is 0.520 e. The zero-order chi connectivity index (χ0) is 8.43. The van der Waals surface area contributed by atoms with Gasteiger partial charge in [-0.2, -0.15) is 0 Å². The lowest BCUT2D eigenvalue weighted by molar-refractivity contribution is 0.0878. The van der Waals surface area contributed by atoms with Crippen LogP contribution in [-0.4, -0.2) is 21.2 Å². The fourth-order valence-electron chi connectivity index (χ4n) is 0.567. The van der Waals surface area contributed by atoms with Crippen LogP contribution in [0.25, 0.3) is 0 Å². The summed E-state index contributed by atoms with van der Waals surface area (Å²) in [4.78, 5) is 13.4. The molecule has 0 aliphatic carbocycles. The van der Waals surface area contributed by atoms with Crippen LogP contribution in [0.1, 0.15) is 0 Å². The molecule has 0 saturated carbocycles. The molecule has 6 heteroatoms. The molecule has 0 saturated heterocycles. The Kier molecular flexibility index (Phi) is 1.67. The first kappa shape index (κ1) is 7.39. The molecule has 0 bridgehead atoms. The van der Waals surface area contributed by atoms with Crippen LogP contribution < -0.4 is 4.84 Å². The summed E-state index contributed by atoms with van der Waals surface area (Å²) in [5.74, 6) is -1.12. The number of halogens is 1. The van der Waals surface area contributed by atoms with Crippen molar-refractivity contribution < 1.29 is 24.2 Å². The molecule has 11 heavy (non-hydrogen) atoms. The quantitative estimate of drug-likeness (QED) is 0.585. The molecule has 60 valence electrons. The van der Waals surface area contributed by atoms with Gasteiger partial charge in [-0.05, 0) is 0 Å². The van der Waals surface area contributed by atoms with E-state index in [1.54, 1.807) is 0 Å². The van der Waals surface area contributed by atoms with E-state index in [1.165, 1.54) is 0 Å². The van der Waals surface area contributed by atoms with Crippen LogP contribution in [0.4, 0.5) is 9.18 Å². The third kappa shape index (κ3) is 1.40. The highest BCUT2D eigenvalue weighted by Crippen LogP contribution is 2.18. The van der Waals surface area contributed by atoms with Gasteiger partial charge in [0.2, 0.25) is 11.8 Å². The second-order valence-corrected chi connectivity index (χ2v) is 1.67. The molecule has 0 unspecified atom stereocenters. The topological polar surface area (TPSA) is 71.7 Å². The van der Waals surface area contributed by atoms with Crippen molar-refractivity contribution in [2.24, 2.45) is 0 Å². The molecule has 0 amide bonds. The molecular weight excluding hydrogens is 157 g/mol. The second kappa shape index (κ2) is 2.49. The number of hydrogen-bond acceptors (Lipinski definition) is 4. The molecule has 1 aromatic heterocycles. The highest BCUT2D eigenvalue weighted by Gasteiger charge is 2.10. The van der Waals surface area contributed by atoms with Gasteiger partial charge >= 0.3 is 6.22 Å². The molecule has 0 fully saturated rings. The second-order valence-electron chi connectivity index (χ2n) is 1.67. The van der Waals surface area contributed by atoms with Gasteiger partial charge in [-0.25, -0.2) is 4.79 Å². The molecule has 0 spiro atoms. The Morgan fingerprint density at radius 2 is 1.91 bits per heavy atom. The minimum atomic E-state index is -2.12. The SMILES string of the molecule is O=C(F)On1c(O)ccc1O. The summed E-state index contributed by atoms with van der Waals surface area (Å²) < 4.78 is 11.8. The lowest BCUT2D eigenvalue weighted by Crippen LogP contribution is -2.12. The van der Waals surface area contributed by atoms with Crippen LogP contribution in [0.3, 0.4) is 0 Å². The summed E-state index contributed by atoms with van der Waals surface area (Å²) >= 11 is 0. The standard InChI is InChI=1S/C5H4FNO4/c6-5(10)11-7-3(8)1-2-4(7)9/h1-2,8-9H. The third-order valence-corrected chi connectivity index (χ3v) is 0.961. The Morgan fingerprint density at radius 1 is 1.45 bits per heavy atom. The number of rotatable bonds is 1. The van der Waals surface area contributed by atoms with E-state index in [0.29, 0.717) is 0 Å². The lowest BCUT2D eigenvalue weighted by Gasteiger charge is -2.00. The van der Waals surface area contributed by atoms with Crippen LogP contribution in [0.5, 0.6) is 11.8 Å². The fourth-order valence-corrected chi connectivity index (χ4v) is 0.567. The monoisotopic (exact) mass is 161 g/mol. The van der Waals surface area contributed by atoms with Crippen molar-refractivity contribution >= 4 is 6.22 Å². The molecule has 0 atom stereocenters. The Labute approximate surface area is 60.2 Å². The molecule has 2 N–H and O–H groups in total. The van der Waals surface area contributed by atoms with Crippen LogP contribution >= 0.6 is 0 Å². The maximum Gasteiger partial charge on any atom is 0.520 e. The number of carbonyl (C=O) groups excluding carboxylic acids is 1. The average Bonchev–Trinajstić information content (AvgIpc) is 2.18. The molecule has 0 radical (unpaired) electrons. The van der Waals surface area contributed by atoms with Gasteiger partial charge < -0.3 is 15.1 Å². The van der Waals surface area contributed by atoms with Crippen molar-refractivity contribution in [2.45, 2.75) is 0 Å². The Morgan fingerprint density at radius 3 is 2.27 bits per heavy atom. The normalized spacial score (nSPS) is 9.55. The smallest absolute Gasteiger partial charge is 0.492 e. The first-order valence-electron chi connectivity index (χ1n) is 2.58. The highest BCUT2D eigenvalue weighted by atomic mass is 19.1. The Bertz CT molecular complexity index is 263. The molecule has 5 nitrogen and oxygen atoms in total. The van der Waals surface area contributed by atoms with Crippen LogP contribution in [0.2, 0.25) is 0 Å². The van der Waals surface area contributed by atoms with Gasteiger partial charge in [-0.3, -0.25) is 0 Å². The van der Waals surface area contributed by atoms with Crippen LogP contribution in [0.15, 0.2) is 12.1 Å². The van der Waals surface area contributed by atoms with Gasteiger partial charge in [0.05, 0.1) is 0 Å². The van der Waals surface area contributed by atoms with E-state index in [2.05, 4.69) is 4.84 Å². The molecule has 1 aromatic rings. The molecule has 0 aromatic carbocycles. The van der Waals surface area contributed by atoms with Gasteiger partial charge in [0.1, 0.15) is 0 Å². The number of carbonyl (C=O) groups is 1. The molecule has 1 rings (SSSR count). The van der Waals surface area contributed by atoms with Crippen molar-refractivity contribution in [3.05, 3.63) is 12.1 Å². The van der Waals surface area contributed by atoms with Crippen molar-refractivity contribution in [1.29, 1.82) is 0 Å². The highest BCUT2D eigenvalue weighted by molar-refractivity contribution is 5.58. The maximum absolute atomic E-state index is 11.5. The first-order valence-corrected chi connectivity index (χ1v) is 2.58. The summed E-state index contributed by atoms with van der Waals surface area (Å²) in [6, 6.07) is 2.08. The predicted octanol–water partition coefficient (Wildman–Crippen LogP) is 0.417. The van der Waals surface area contributed by atoms with E-state index in [1.807, 2.05) is 0 Å². The minimum Gasteiger partial charge on any atom is -0.492 e. The number of hydrogen-bond donors (Lipinski definition) is 2. The Balaban J connectivity index is 2.92. The van der Waals surface area contributed by atoms with E-state index < -0.39 is 18.0 Å². The summed E-state index contributed by atoms with van der Waals surface area (Å²) in [7, 11) is 0. The van der Waals surface area contributed by atoms with Crippen molar-refractivity contribution in [3.8, 4) is 11.8 Å². The van der Waals surface area contributed by atoms with E-state index in [4.69, 9.17) is 10.2 Å². The number of aromatic hydroxyl groups is 2. The van der Waals surface area contributed by atoms with Crippen molar-refractivity contribution in [1.82, 2.24) is 4.73 Å². The van der Waals surface area contributed by atoms with E-state index in [9.17, 15) is 9.18 Å². The number of aromatic nitrogens is 1. The van der Waals surface area contributed by atoms with Crippen LogP contribution in [-0.2, 0) is 0 Å². The zero-order valence-corrected chi connectivity index (χ0v) is 5.19.